The first kappa shape index (κ1) is 24.3. The normalized spacial score (nSPS) is 14.4. The quantitative estimate of drug-likeness (QED) is 0.314. The van der Waals surface area contributed by atoms with Crippen molar-refractivity contribution in [3.05, 3.63) is 99.5 Å². The number of urea groups is 1. The van der Waals surface area contributed by atoms with Crippen LogP contribution >= 0.6 is 11.6 Å². The van der Waals surface area contributed by atoms with Gasteiger partial charge in [-0.3, -0.25) is 9.69 Å². The molecule has 0 aromatic heterocycles. The number of nitrogens with one attached hydrogen (secondary N) is 1. The van der Waals surface area contributed by atoms with Gasteiger partial charge in [-0.05, 0) is 60.9 Å². The van der Waals surface area contributed by atoms with Crippen LogP contribution in [0.25, 0.3) is 6.08 Å². The molecule has 35 heavy (non-hydrogen) atoms. The molecule has 3 aromatic rings. The van der Waals surface area contributed by atoms with E-state index in [9.17, 15) is 14.0 Å². The van der Waals surface area contributed by atoms with Crippen molar-refractivity contribution in [1.29, 1.82) is 0 Å². The average Bonchev–Trinajstić information content (AvgIpc) is 3.07. The molecule has 1 N–H and O–H groups in total. The number of ether oxygens (including phenoxy) is 2. The molecule has 0 unspecified atom stereocenters. The van der Waals surface area contributed by atoms with E-state index in [1.54, 1.807) is 30.3 Å². The molecule has 0 aliphatic carbocycles. The van der Waals surface area contributed by atoms with Crippen LogP contribution in [0.5, 0.6) is 11.5 Å². The molecule has 0 radical (unpaired) electrons. The van der Waals surface area contributed by atoms with Crippen molar-refractivity contribution in [1.82, 2.24) is 10.2 Å². The van der Waals surface area contributed by atoms with Gasteiger partial charge in [0.25, 0.3) is 5.91 Å². The number of halogens is 2. The number of nitrogens with zero attached hydrogens (tertiary/aromatic N) is 1. The Morgan fingerprint density at radius 1 is 1.03 bits per heavy atom. The van der Waals surface area contributed by atoms with Crippen LogP contribution in [-0.4, -0.2) is 23.4 Å². The monoisotopic (exact) mass is 494 g/mol. The lowest BCUT2D eigenvalue weighted by molar-refractivity contribution is -0.123. The molecular weight excluding hydrogens is 471 g/mol. The number of rotatable bonds is 8. The number of carbonyl (C=O) groups excluding carboxylic acids is 2. The predicted molar refractivity (Wildman–Crippen MR) is 132 cm³/mol. The van der Waals surface area contributed by atoms with E-state index in [1.165, 1.54) is 12.1 Å². The maximum absolute atomic E-state index is 13.2. The fraction of sp³-hybridized carbons (Fsp3) is 0.185. The van der Waals surface area contributed by atoms with Crippen LogP contribution in [0.1, 0.15) is 29.2 Å². The standard InChI is InChI=1S/C27H24ClFN2O4/c1-3-34-24-14-20(12-22(28)25(24)35-16-18-7-9-21(29)10-8-18)13-23-26(32)31(27(33)30-23)15-19-6-4-5-17(2)11-19/h4-14H,3,15-16H2,1-2H3,(H,30,33)/b23-13+. The van der Waals surface area contributed by atoms with Gasteiger partial charge < -0.3 is 14.8 Å². The van der Waals surface area contributed by atoms with Crippen molar-refractivity contribution < 1.29 is 23.5 Å². The fourth-order valence-corrected chi connectivity index (χ4v) is 3.96. The van der Waals surface area contributed by atoms with Gasteiger partial charge in [0.2, 0.25) is 0 Å². The summed E-state index contributed by atoms with van der Waals surface area (Å²) in [6.07, 6.45) is 1.55. The summed E-state index contributed by atoms with van der Waals surface area (Å²) < 4.78 is 24.7. The van der Waals surface area contributed by atoms with E-state index in [2.05, 4.69) is 5.32 Å². The molecule has 0 bridgehead atoms. The molecule has 0 atom stereocenters. The number of amides is 3. The van der Waals surface area contributed by atoms with Crippen molar-refractivity contribution in [2.24, 2.45) is 0 Å². The summed E-state index contributed by atoms with van der Waals surface area (Å²) in [7, 11) is 0. The Kier molecular flexibility index (Phi) is 7.36. The molecule has 1 fully saturated rings. The van der Waals surface area contributed by atoms with E-state index in [0.29, 0.717) is 23.7 Å². The highest BCUT2D eigenvalue weighted by Crippen LogP contribution is 2.38. The second-order valence-corrected chi connectivity index (χ2v) is 8.45. The van der Waals surface area contributed by atoms with Gasteiger partial charge in [0.15, 0.2) is 11.5 Å². The number of hydrogen-bond donors (Lipinski definition) is 1. The summed E-state index contributed by atoms with van der Waals surface area (Å²) in [5.74, 6) is -0.0300. The zero-order chi connectivity index (χ0) is 24.9. The number of aryl methyl sites for hydroxylation is 1. The Labute approximate surface area is 207 Å². The fourth-order valence-electron chi connectivity index (χ4n) is 3.69. The van der Waals surface area contributed by atoms with Crippen LogP contribution in [-0.2, 0) is 17.9 Å². The van der Waals surface area contributed by atoms with Crippen LogP contribution in [0.2, 0.25) is 5.02 Å². The first-order chi connectivity index (χ1) is 16.8. The highest BCUT2D eigenvalue weighted by Gasteiger charge is 2.33. The molecule has 1 aliphatic rings. The summed E-state index contributed by atoms with van der Waals surface area (Å²) in [6.45, 7) is 4.48. The van der Waals surface area contributed by atoms with Crippen molar-refractivity contribution in [3.63, 3.8) is 0 Å². The first-order valence-corrected chi connectivity index (χ1v) is 11.5. The molecule has 0 saturated carbocycles. The molecular formula is C27H24ClFN2O4. The van der Waals surface area contributed by atoms with Crippen molar-refractivity contribution in [3.8, 4) is 11.5 Å². The van der Waals surface area contributed by atoms with E-state index in [4.69, 9.17) is 21.1 Å². The van der Waals surface area contributed by atoms with Crippen LogP contribution in [0.15, 0.2) is 66.4 Å². The SMILES string of the molecule is CCOc1cc(/C=C2/NC(=O)N(Cc3cccc(C)c3)C2=O)cc(Cl)c1OCc1ccc(F)cc1. The summed E-state index contributed by atoms with van der Waals surface area (Å²) in [5, 5.41) is 2.90. The van der Waals surface area contributed by atoms with E-state index in [0.717, 1.165) is 21.6 Å². The van der Waals surface area contributed by atoms with Gasteiger partial charge in [0, 0.05) is 0 Å². The largest absolute Gasteiger partial charge is 0.490 e. The summed E-state index contributed by atoms with van der Waals surface area (Å²) in [6, 6.07) is 16.4. The Morgan fingerprint density at radius 2 is 1.80 bits per heavy atom. The topological polar surface area (TPSA) is 67.9 Å². The number of benzene rings is 3. The molecule has 6 nitrogen and oxygen atoms in total. The second-order valence-electron chi connectivity index (χ2n) is 8.05. The zero-order valence-electron chi connectivity index (χ0n) is 19.3. The van der Waals surface area contributed by atoms with Crippen LogP contribution < -0.4 is 14.8 Å². The van der Waals surface area contributed by atoms with Crippen LogP contribution in [0.4, 0.5) is 9.18 Å². The maximum atomic E-state index is 13.2. The molecule has 1 aliphatic heterocycles. The molecule has 3 amide bonds. The molecule has 0 spiro atoms. The van der Waals surface area contributed by atoms with E-state index in [1.807, 2.05) is 38.1 Å². The van der Waals surface area contributed by atoms with Gasteiger partial charge in [-0.15, -0.1) is 0 Å². The smallest absolute Gasteiger partial charge is 0.329 e. The summed E-state index contributed by atoms with van der Waals surface area (Å²) in [5.41, 5.74) is 3.38. The lowest BCUT2D eigenvalue weighted by Crippen LogP contribution is -2.30. The highest BCUT2D eigenvalue weighted by molar-refractivity contribution is 6.32. The second kappa shape index (κ2) is 10.6. The lowest BCUT2D eigenvalue weighted by Gasteiger charge is -2.15. The van der Waals surface area contributed by atoms with Gasteiger partial charge in [0.05, 0.1) is 18.2 Å². The lowest BCUT2D eigenvalue weighted by atomic mass is 10.1. The Balaban J connectivity index is 1.55. The number of carbonyl (C=O) groups is 2. The maximum Gasteiger partial charge on any atom is 0.329 e. The first-order valence-electron chi connectivity index (χ1n) is 11.1. The van der Waals surface area contributed by atoms with Gasteiger partial charge in [-0.25, -0.2) is 9.18 Å². The molecule has 180 valence electrons. The molecule has 1 saturated heterocycles. The molecule has 1 heterocycles. The Morgan fingerprint density at radius 3 is 2.51 bits per heavy atom. The van der Waals surface area contributed by atoms with Crippen LogP contribution in [0.3, 0.4) is 0 Å². The Hall–Kier alpha value is -3.84. The molecule has 3 aromatic carbocycles. The minimum Gasteiger partial charge on any atom is -0.490 e. The van der Waals surface area contributed by atoms with E-state index < -0.39 is 11.9 Å². The van der Waals surface area contributed by atoms with E-state index in [-0.39, 0.29) is 29.7 Å². The predicted octanol–water partition coefficient (Wildman–Crippen LogP) is 5.86. The van der Waals surface area contributed by atoms with Gasteiger partial charge >= 0.3 is 6.03 Å². The van der Waals surface area contributed by atoms with Gasteiger partial charge in [-0.2, -0.15) is 0 Å². The van der Waals surface area contributed by atoms with Crippen molar-refractivity contribution in [2.75, 3.05) is 6.61 Å². The van der Waals surface area contributed by atoms with Crippen molar-refractivity contribution in [2.45, 2.75) is 27.0 Å². The summed E-state index contributed by atoms with van der Waals surface area (Å²) >= 11 is 6.49. The third-order valence-corrected chi connectivity index (χ3v) is 5.61. The minimum atomic E-state index is -0.488. The van der Waals surface area contributed by atoms with E-state index >= 15 is 0 Å². The molecule has 4 rings (SSSR count). The third kappa shape index (κ3) is 5.81. The minimum absolute atomic E-state index is 0.140. The third-order valence-electron chi connectivity index (χ3n) is 5.32. The average molecular weight is 495 g/mol. The summed E-state index contributed by atoms with van der Waals surface area (Å²) in [4.78, 5) is 26.5. The van der Waals surface area contributed by atoms with Crippen LogP contribution in [0, 0.1) is 12.7 Å². The zero-order valence-corrected chi connectivity index (χ0v) is 20.1. The Bertz CT molecular complexity index is 1290. The van der Waals surface area contributed by atoms with Crippen molar-refractivity contribution >= 4 is 29.6 Å². The highest BCUT2D eigenvalue weighted by atomic mass is 35.5. The number of hydrogen-bond acceptors (Lipinski definition) is 4. The number of imide groups is 1. The molecule has 8 heteroatoms. The van der Waals surface area contributed by atoms with Gasteiger partial charge in [-0.1, -0.05) is 53.6 Å². The van der Waals surface area contributed by atoms with Gasteiger partial charge in [0.1, 0.15) is 18.1 Å².